The van der Waals surface area contributed by atoms with Gasteiger partial charge in [-0.25, -0.2) is 4.68 Å². The third kappa shape index (κ3) is 4.28. The van der Waals surface area contributed by atoms with Crippen LogP contribution in [0.5, 0.6) is 0 Å². The summed E-state index contributed by atoms with van der Waals surface area (Å²) in [6.45, 7) is 6.01. The molecule has 4 aromatic rings. The molecule has 7 nitrogen and oxygen atoms in total. The predicted molar refractivity (Wildman–Crippen MR) is 118 cm³/mol. The van der Waals surface area contributed by atoms with Crippen molar-refractivity contribution in [2.45, 2.75) is 25.9 Å². The summed E-state index contributed by atoms with van der Waals surface area (Å²) < 4.78 is 3.64. The SMILES string of the molecule is Cc1ccc(-n2cnnc2SCC(=O)Nc2cc(C)nn2-c2ccccc2)c(C)c1. The molecule has 0 fully saturated rings. The van der Waals surface area contributed by atoms with Gasteiger partial charge in [0, 0.05) is 6.07 Å². The third-order valence-electron chi connectivity index (χ3n) is 4.56. The molecule has 1 amide bonds. The van der Waals surface area contributed by atoms with Crippen molar-refractivity contribution in [2.24, 2.45) is 0 Å². The molecule has 0 aliphatic carbocycles. The van der Waals surface area contributed by atoms with Crippen molar-refractivity contribution < 1.29 is 4.79 Å². The monoisotopic (exact) mass is 418 g/mol. The van der Waals surface area contributed by atoms with E-state index in [1.165, 1.54) is 17.3 Å². The van der Waals surface area contributed by atoms with Crippen molar-refractivity contribution in [1.82, 2.24) is 24.5 Å². The average Bonchev–Trinajstić information content (AvgIpc) is 3.33. The number of carbonyl (C=O) groups is 1. The Balaban J connectivity index is 1.47. The molecule has 4 rings (SSSR count). The summed E-state index contributed by atoms with van der Waals surface area (Å²) in [5.74, 6) is 0.718. The first-order valence-electron chi connectivity index (χ1n) is 9.53. The lowest BCUT2D eigenvalue weighted by Gasteiger charge is -2.11. The lowest BCUT2D eigenvalue weighted by Crippen LogP contribution is -2.17. The van der Waals surface area contributed by atoms with Crippen LogP contribution in [0.1, 0.15) is 16.8 Å². The summed E-state index contributed by atoms with van der Waals surface area (Å²) in [5, 5.41) is 16.3. The van der Waals surface area contributed by atoms with Crippen LogP contribution >= 0.6 is 11.8 Å². The minimum absolute atomic E-state index is 0.132. The second kappa shape index (κ2) is 8.54. The highest BCUT2D eigenvalue weighted by Crippen LogP contribution is 2.23. The normalized spacial score (nSPS) is 10.9. The van der Waals surface area contributed by atoms with Crippen molar-refractivity contribution in [3.05, 3.63) is 77.7 Å². The number of anilines is 1. The lowest BCUT2D eigenvalue weighted by molar-refractivity contribution is -0.113. The molecular weight excluding hydrogens is 396 g/mol. The van der Waals surface area contributed by atoms with E-state index >= 15 is 0 Å². The molecule has 0 atom stereocenters. The molecule has 0 radical (unpaired) electrons. The molecule has 0 unspecified atom stereocenters. The predicted octanol–water partition coefficient (Wildman–Crippen LogP) is 4.11. The summed E-state index contributed by atoms with van der Waals surface area (Å²) in [7, 11) is 0. The van der Waals surface area contributed by atoms with Gasteiger partial charge in [-0.1, -0.05) is 47.7 Å². The minimum atomic E-state index is -0.132. The quantitative estimate of drug-likeness (QED) is 0.477. The minimum Gasteiger partial charge on any atom is -0.310 e. The van der Waals surface area contributed by atoms with Gasteiger partial charge in [0.1, 0.15) is 12.1 Å². The van der Waals surface area contributed by atoms with E-state index in [1.54, 1.807) is 11.0 Å². The maximum Gasteiger partial charge on any atom is 0.236 e. The van der Waals surface area contributed by atoms with Gasteiger partial charge in [0.15, 0.2) is 5.16 Å². The summed E-state index contributed by atoms with van der Waals surface area (Å²) in [6.07, 6.45) is 1.67. The zero-order valence-corrected chi connectivity index (χ0v) is 17.8. The van der Waals surface area contributed by atoms with Gasteiger partial charge in [0.25, 0.3) is 0 Å². The van der Waals surface area contributed by atoms with E-state index in [9.17, 15) is 4.79 Å². The Bertz CT molecular complexity index is 1180. The smallest absolute Gasteiger partial charge is 0.236 e. The zero-order valence-electron chi connectivity index (χ0n) is 17.0. The Labute approximate surface area is 179 Å². The summed E-state index contributed by atoms with van der Waals surface area (Å²) in [4.78, 5) is 12.6. The number of nitrogens with one attached hydrogen (secondary N) is 1. The number of nitrogens with zero attached hydrogens (tertiary/aromatic N) is 5. The van der Waals surface area contributed by atoms with Crippen molar-refractivity contribution in [3.8, 4) is 11.4 Å². The summed E-state index contributed by atoms with van der Waals surface area (Å²) >= 11 is 1.34. The summed E-state index contributed by atoms with van der Waals surface area (Å²) in [5.41, 5.74) is 5.05. The van der Waals surface area contributed by atoms with Gasteiger partial charge in [-0.15, -0.1) is 10.2 Å². The number of amides is 1. The number of carbonyl (C=O) groups excluding carboxylic acids is 1. The second-order valence-corrected chi connectivity index (χ2v) is 7.97. The van der Waals surface area contributed by atoms with Gasteiger partial charge < -0.3 is 5.32 Å². The molecule has 1 N–H and O–H groups in total. The number of benzene rings is 2. The van der Waals surface area contributed by atoms with Crippen LogP contribution in [0.25, 0.3) is 11.4 Å². The maximum atomic E-state index is 12.6. The fourth-order valence-corrected chi connectivity index (χ4v) is 3.95. The molecule has 0 aliphatic heterocycles. The highest BCUT2D eigenvalue weighted by molar-refractivity contribution is 7.99. The number of para-hydroxylation sites is 1. The first kappa shape index (κ1) is 19.9. The molecule has 8 heteroatoms. The Morgan fingerprint density at radius 2 is 1.87 bits per heavy atom. The number of aromatic nitrogens is 5. The van der Waals surface area contributed by atoms with E-state index in [0.717, 1.165) is 22.6 Å². The fourth-order valence-electron chi connectivity index (χ4n) is 3.23. The molecule has 0 spiro atoms. The van der Waals surface area contributed by atoms with E-state index in [2.05, 4.69) is 46.6 Å². The number of hydrogen-bond acceptors (Lipinski definition) is 5. The van der Waals surface area contributed by atoms with Gasteiger partial charge in [-0.05, 0) is 44.5 Å². The number of aryl methyl sites for hydroxylation is 3. The molecule has 152 valence electrons. The van der Waals surface area contributed by atoms with Crippen LogP contribution in [0, 0.1) is 20.8 Å². The molecule has 0 saturated heterocycles. The van der Waals surface area contributed by atoms with E-state index < -0.39 is 0 Å². The standard InChI is InChI=1S/C22H22N6OS/c1-15-9-10-19(16(2)11-15)27-14-23-25-22(27)30-13-21(29)24-20-12-17(3)26-28(20)18-7-5-4-6-8-18/h4-12,14H,13H2,1-3H3,(H,24,29). The third-order valence-corrected chi connectivity index (χ3v) is 5.50. The molecular formula is C22H22N6OS. The molecule has 2 heterocycles. The van der Waals surface area contributed by atoms with Gasteiger partial charge in [-0.3, -0.25) is 9.36 Å². The second-order valence-electron chi connectivity index (χ2n) is 7.03. The molecule has 30 heavy (non-hydrogen) atoms. The Morgan fingerprint density at radius 3 is 2.63 bits per heavy atom. The Hall–Kier alpha value is -3.39. The van der Waals surface area contributed by atoms with E-state index in [1.807, 2.05) is 54.0 Å². The fraction of sp³-hybridized carbons (Fsp3) is 0.182. The molecule has 0 saturated carbocycles. The lowest BCUT2D eigenvalue weighted by atomic mass is 10.1. The van der Waals surface area contributed by atoms with Crippen LogP contribution in [0.2, 0.25) is 0 Å². The Morgan fingerprint density at radius 1 is 1.07 bits per heavy atom. The number of thioether (sulfide) groups is 1. The first-order valence-corrected chi connectivity index (χ1v) is 10.5. The number of rotatable bonds is 6. The van der Waals surface area contributed by atoms with Crippen molar-refractivity contribution in [3.63, 3.8) is 0 Å². The van der Waals surface area contributed by atoms with Gasteiger partial charge in [0.05, 0.1) is 22.8 Å². The van der Waals surface area contributed by atoms with Gasteiger partial charge in [0.2, 0.25) is 5.91 Å². The maximum absolute atomic E-state index is 12.6. The van der Waals surface area contributed by atoms with E-state index in [0.29, 0.717) is 11.0 Å². The molecule has 2 aromatic heterocycles. The molecule has 2 aromatic carbocycles. The molecule has 0 bridgehead atoms. The van der Waals surface area contributed by atoms with E-state index in [4.69, 9.17) is 0 Å². The van der Waals surface area contributed by atoms with Crippen LogP contribution in [-0.4, -0.2) is 36.2 Å². The van der Waals surface area contributed by atoms with Crippen molar-refractivity contribution in [1.29, 1.82) is 0 Å². The largest absolute Gasteiger partial charge is 0.310 e. The van der Waals surface area contributed by atoms with Crippen molar-refractivity contribution in [2.75, 3.05) is 11.1 Å². The Kier molecular flexibility index (Phi) is 5.67. The van der Waals surface area contributed by atoms with Crippen LogP contribution in [0.15, 0.2) is 66.1 Å². The molecule has 0 aliphatic rings. The zero-order chi connectivity index (χ0) is 21.1. The van der Waals surface area contributed by atoms with Crippen LogP contribution in [0.3, 0.4) is 0 Å². The van der Waals surface area contributed by atoms with E-state index in [-0.39, 0.29) is 11.7 Å². The van der Waals surface area contributed by atoms with Crippen molar-refractivity contribution >= 4 is 23.5 Å². The van der Waals surface area contributed by atoms with Crippen LogP contribution in [0.4, 0.5) is 5.82 Å². The van der Waals surface area contributed by atoms with Gasteiger partial charge in [-0.2, -0.15) is 5.10 Å². The average molecular weight is 419 g/mol. The topological polar surface area (TPSA) is 77.6 Å². The highest BCUT2D eigenvalue weighted by Gasteiger charge is 2.14. The first-order chi connectivity index (χ1) is 14.5. The highest BCUT2D eigenvalue weighted by atomic mass is 32.2. The number of hydrogen-bond donors (Lipinski definition) is 1. The summed E-state index contributed by atoms with van der Waals surface area (Å²) in [6, 6.07) is 17.8. The van der Waals surface area contributed by atoms with Gasteiger partial charge >= 0.3 is 0 Å². The van der Waals surface area contributed by atoms with Crippen LogP contribution < -0.4 is 5.32 Å². The van der Waals surface area contributed by atoms with Crippen LogP contribution in [-0.2, 0) is 4.79 Å².